The van der Waals surface area contributed by atoms with Crippen molar-refractivity contribution in [3.63, 3.8) is 0 Å². The van der Waals surface area contributed by atoms with Crippen LogP contribution in [-0.2, 0) is 22.7 Å². The highest BCUT2D eigenvalue weighted by Crippen LogP contribution is 2.45. The molecular weight excluding hydrogens is 420 g/mol. The van der Waals surface area contributed by atoms with E-state index < -0.39 is 6.04 Å². The first kappa shape index (κ1) is 20.5. The van der Waals surface area contributed by atoms with Crippen LogP contribution in [0.2, 0.25) is 0 Å². The first-order chi connectivity index (χ1) is 16.0. The molecule has 6 rings (SSSR count). The maximum Gasteiger partial charge on any atom is 0.255 e. The Morgan fingerprint density at radius 2 is 1.91 bits per heavy atom. The highest BCUT2D eigenvalue weighted by atomic mass is 16.3. The first-order valence-corrected chi connectivity index (χ1v) is 11.8. The lowest BCUT2D eigenvalue weighted by Gasteiger charge is -2.55. The van der Waals surface area contributed by atoms with Gasteiger partial charge < -0.3 is 14.2 Å². The third-order valence-electron chi connectivity index (χ3n) is 7.85. The number of hydrogen-bond acceptors (Lipinski definition) is 6. The average molecular weight is 449 g/mol. The smallest absolute Gasteiger partial charge is 0.255 e. The van der Waals surface area contributed by atoms with Gasteiger partial charge in [-0.1, -0.05) is 6.07 Å². The molecule has 0 bridgehead atoms. The SMILES string of the molecule is O=C1CCC(N2Cc3c(cccc3N3CC4(CCN(Cc5ccoc5)CC4)C3)C2=O)C(=O)N1. The molecule has 8 nitrogen and oxygen atoms in total. The molecule has 1 unspecified atom stereocenters. The van der Waals surface area contributed by atoms with Gasteiger partial charge in [0.1, 0.15) is 6.04 Å². The molecule has 33 heavy (non-hydrogen) atoms. The maximum absolute atomic E-state index is 13.1. The Balaban J connectivity index is 1.12. The monoisotopic (exact) mass is 448 g/mol. The summed E-state index contributed by atoms with van der Waals surface area (Å²) in [5, 5.41) is 2.38. The number of benzene rings is 1. The summed E-state index contributed by atoms with van der Waals surface area (Å²) in [7, 11) is 0. The molecular formula is C25H28N4O4. The van der Waals surface area contributed by atoms with Gasteiger partial charge in [-0.2, -0.15) is 0 Å². The van der Waals surface area contributed by atoms with Crippen molar-refractivity contribution >= 4 is 23.4 Å². The van der Waals surface area contributed by atoms with Crippen LogP contribution in [0.4, 0.5) is 5.69 Å². The summed E-state index contributed by atoms with van der Waals surface area (Å²) in [4.78, 5) is 43.5. The molecule has 0 aliphatic carbocycles. The van der Waals surface area contributed by atoms with Crippen LogP contribution in [-0.4, -0.2) is 59.7 Å². The van der Waals surface area contributed by atoms with Crippen molar-refractivity contribution in [2.24, 2.45) is 5.41 Å². The molecule has 0 radical (unpaired) electrons. The van der Waals surface area contributed by atoms with Gasteiger partial charge in [-0.05, 0) is 50.6 Å². The molecule has 4 aliphatic rings. The van der Waals surface area contributed by atoms with E-state index in [4.69, 9.17) is 4.42 Å². The molecule has 1 N–H and O–H groups in total. The second kappa shape index (κ2) is 7.73. The second-order valence-electron chi connectivity index (χ2n) is 9.97. The molecule has 3 fully saturated rings. The van der Waals surface area contributed by atoms with Crippen LogP contribution in [0, 0.1) is 5.41 Å². The lowest BCUT2D eigenvalue weighted by atomic mass is 9.71. The van der Waals surface area contributed by atoms with Crippen LogP contribution in [0.3, 0.4) is 0 Å². The van der Waals surface area contributed by atoms with Crippen LogP contribution >= 0.6 is 0 Å². The van der Waals surface area contributed by atoms with Crippen molar-refractivity contribution in [2.75, 3.05) is 31.1 Å². The Morgan fingerprint density at radius 3 is 2.64 bits per heavy atom. The van der Waals surface area contributed by atoms with Crippen molar-refractivity contribution in [3.05, 3.63) is 53.5 Å². The van der Waals surface area contributed by atoms with Gasteiger partial charge in [0.05, 0.1) is 12.5 Å². The van der Waals surface area contributed by atoms with Gasteiger partial charge >= 0.3 is 0 Å². The third kappa shape index (κ3) is 3.53. The number of piperidine rings is 2. The zero-order valence-corrected chi connectivity index (χ0v) is 18.6. The molecule has 1 spiro atoms. The number of nitrogens with one attached hydrogen (secondary N) is 1. The Kier molecular flexibility index (Phi) is 4.79. The molecule has 8 heteroatoms. The van der Waals surface area contributed by atoms with Crippen molar-refractivity contribution in [3.8, 4) is 0 Å². The molecule has 172 valence electrons. The molecule has 1 aromatic heterocycles. The Labute approximate surface area is 192 Å². The average Bonchev–Trinajstić information content (AvgIpc) is 3.41. The highest BCUT2D eigenvalue weighted by Gasteiger charge is 2.47. The number of amides is 3. The number of nitrogens with zero attached hydrogens (tertiary/aromatic N) is 3. The fraction of sp³-hybridized carbons (Fsp3) is 0.480. The lowest BCUT2D eigenvalue weighted by molar-refractivity contribution is -0.136. The fourth-order valence-electron chi connectivity index (χ4n) is 5.94. The molecule has 3 saturated heterocycles. The lowest BCUT2D eigenvalue weighted by Crippen LogP contribution is -2.60. The van der Waals surface area contributed by atoms with Gasteiger partial charge in [-0.25, -0.2) is 0 Å². The zero-order valence-electron chi connectivity index (χ0n) is 18.6. The van der Waals surface area contributed by atoms with E-state index in [9.17, 15) is 14.4 Å². The van der Waals surface area contributed by atoms with Gasteiger partial charge in [-0.3, -0.25) is 24.6 Å². The number of imide groups is 1. The van der Waals surface area contributed by atoms with E-state index in [-0.39, 0.29) is 24.1 Å². The third-order valence-corrected chi connectivity index (χ3v) is 7.85. The summed E-state index contributed by atoms with van der Waals surface area (Å²) in [5.41, 5.74) is 4.39. The molecule has 1 aromatic carbocycles. The normalized spacial score (nSPS) is 24.7. The summed E-state index contributed by atoms with van der Waals surface area (Å²) in [6, 6.07) is 7.36. The molecule has 3 amide bonds. The highest BCUT2D eigenvalue weighted by molar-refractivity contribution is 6.06. The Bertz CT molecular complexity index is 1100. The minimum absolute atomic E-state index is 0.107. The number of rotatable bonds is 4. The quantitative estimate of drug-likeness (QED) is 0.722. The summed E-state index contributed by atoms with van der Waals surface area (Å²) in [6.45, 7) is 5.58. The molecule has 2 aromatic rings. The van der Waals surface area contributed by atoms with Crippen molar-refractivity contribution < 1.29 is 18.8 Å². The van der Waals surface area contributed by atoms with Crippen LogP contribution in [0.1, 0.15) is 47.2 Å². The van der Waals surface area contributed by atoms with E-state index in [1.54, 1.807) is 11.2 Å². The number of fused-ring (bicyclic) bond motifs is 1. The molecule has 4 aliphatic heterocycles. The van der Waals surface area contributed by atoms with Gasteiger partial charge in [0.2, 0.25) is 11.8 Å². The number of carbonyl (C=O) groups is 3. The molecule has 0 saturated carbocycles. The minimum Gasteiger partial charge on any atom is -0.472 e. The van der Waals surface area contributed by atoms with Gasteiger partial charge in [0, 0.05) is 60.4 Å². The second-order valence-corrected chi connectivity index (χ2v) is 9.97. The fourth-order valence-corrected chi connectivity index (χ4v) is 5.94. The number of carbonyl (C=O) groups excluding carboxylic acids is 3. The summed E-state index contributed by atoms with van der Waals surface area (Å²) in [6.07, 6.45) is 6.58. The van der Waals surface area contributed by atoms with Crippen molar-refractivity contribution in [1.29, 1.82) is 0 Å². The summed E-state index contributed by atoms with van der Waals surface area (Å²) >= 11 is 0. The van der Waals surface area contributed by atoms with Crippen LogP contribution < -0.4 is 10.2 Å². The predicted octanol–water partition coefficient (Wildman–Crippen LogP) is 2.14. The largest absolute Gasteiger partial charge is 0.472 e. The van der Waals surface area contributed by atoms with Gasteiger partial charge in [-0.15, -0.1) is 0 Å². The predicted molar refractivity (Wildman–Crippen MR) is 120 cm³/mol. The number of furan rings is 1. The molecule has 1 atom stereocenters. The van der Waals surface area contributed by atoms with E-state index in [1.807, 2.05) is 24.5 Å². The van der Waals surface area contributed by atoms with E-state index in [2.05, 4.69) is 21.2 Å². The number of anilines is 1. The van der Waals surface area contributed by atoms with E-state index in [1.165, 1.54) is 18.4 Å². The first-order valence-electron chi connectivity index (χ1n) is 11.8. The van der Waals surface area contributed by atoms with Gasteiger partial charge in [0.25, 0.3) is 5.91 Å². The zero-order chi connectivity index (χ0) is 22.6. The van der Waals surface area contributed by atoms with E-state index >= 15 is 0 Å². The summed E-state index contributed by atoms with van der Waals surface area (Å²) < 4.78 is 5.20. The Morgan fingerprint density at radius 1 is 1.09 bits per heavy atom. The van der Waals surface area contributed by atoms with Crippen LogP contribution in [0.15, 0.2) is 41.2 Å². The molecule has 5 heterocycles. The Hall–Kier alpha value is -3.13. The standard InChI is InChI=1S/C25H28N4O4/c30-22-5-4-21(23(31)26-22)29-13-19-18(24(29)32)2-1-3-20(19)28-15-25(16-28)7-9-27(10-8-25)12-17-6-11-33-14-17/h1-3,6,11,14,21H,4-5,7-10,12-13,15-16H2,(H,26,30,31). The van der Waals surface area contributed by atoms with E-state index in [0.717, 1.165) is 44.0 Å². The van der Waals surface area contributed by atoms with Crippen LogP contribution in [0.25, 0.3) is 0 Å². The van der Waals surface area contributed by atoms with Crippen molar-refractivity contribution in [1.82, 2.24) is 15.1 Å². The minimum atomic E-state index is -0.572. The van der Waals surface area contributed by atoms with Crippen molar-refractivity contribution in [2.45, 2.75) is 44.8 Å². The summed E-state index contributed by atoms with van der Waals surface area (Å²) in [5.74, 6) is -0.731. The maximum atomic E-state index is 13.1. The number of hydrogen-bond donors (Lipinski definition) is 1. The topological polar surface area (TPSA) is 86.1 Å². The van der Waals surface area contributed by atoms with Gasteiger partial charge in [0.15, 0.2) is 0 Å². The number of likely N-dealkylation sites (tertiary alicyclic amines) is 1. The van der Waals surface area contributed by atoms with E-state index in [0.29, 0.717) is 23.9 Å². The van der Waals surface area contributed by atoms with Crippen LogP contribution in [0.5, 0.6) is 0 Å².